The first-order chi connectivity index (χ1) is 9.10. The lowest BCUT2D eigenvalue weighted by atomic mass is 9.79. The number of rotatable bonds is 4. The highest BCUT2D eigenvalue weighted by Gasteiger charge is 2.19. The van der Waals surface area contributed by atoms with Gasteiger partial charge in [-0.25, -0.2) is 0 Å². The molecular formula is C12H18BNO4S. The minimum absolute atomic E-state index is 0.455. The van der Waals surface area contributed by atoms with Crippen molar-refractivity contribution in [3.63, 3.8) is 0 Å². The van der Waals surface area contributed by atoms with E-state index in [0.717, 1.165) is 24.4 Å². The van der Waals surface area contributed by atoms with E-state index in [1.807, 2.05) is 0 Å². The Labute approximate surface area is 115 Å². The van der Waals surface area contributed by atoms with Gasteiger partial charge in [-0.3, -0.25) is 9.11 Å². The van der Waals surface area contributed by atoms with Crippen molar-refractivity contribution in [2.75, 3.05) is 31.7 Å². The summed E-state index contributed by atoms with van der Waals surface area (Å²) in [6.07, 6.45) is 0. The van der Waals surface area contributed by atoms with Crippen molar-refractivity contribution in [3.8, 4) is 5.75 Å². The van der Waals surface area contributed by atoms with Gasteiger partial charge in [-0.2, -0.15) is 0 Å². The molecule has 1 aliphatic rings. The fraction of sp³-hybridized carbons (Fsp3) is 0.500. The van der Waals surface area contributed by atoms with E-state index in [-0.39, 0.29) is 0 Å². The van der Waals surface area contributed by atoms with Crippen molar-refractivity contribution in [3.05, 3.63) is 23.8 Å². The Morgan fingerprint density at radius 1 is 1.37 bits per heavy atom. The number of hydrogen-bond acceptors (Lipinski definition) is 5. The third kappa shape index (κ3) is 3.79. The lowest BCUT2D eigenvalue weighted by molar-refractivity contribution is 0.285. The standard InChI is InChI=1S/C12H18BNO4S/c1-18-12-3-2-11(13(15)16)8-10(12)9-14-4-6-19(17)7-5-14/h2-3,8,15-16H,4-7,9H2,1H3. The van der Waals surface area contributed by atoms with Crippen LogP contribution >= 0.6 is 0 Å². The first-order valence-corrected chi connectivity index (χ1v) is 7.69. The van der Waals surface area contributed by atoms with E-state index < -0.39 is 17.9 Å². The summed E-state index contributed by atoms with van der Waals surface area (Å²) in [5.74, 6) is 2.13. The molecule has 0 saturated carbocycles. The molecule has 0 atom stereocenters. The van der Waals surface area contributed by atoms with E-state index in [4.69, 9.17) is 4.74 Å². The van der Waals surface area contributed by atoms with Crippen molar-refractivity contribution < 1.29 is 19.0 Å². The molecule has 0 aromatic heterocycles. The molecule has 0 unspecified atom stereocenters. The van der Waals surface area contributed by atoms with E-state index in [1.165, 1.54) is 0 Å². The molecule has 2 N–H and O–H groups in total. The van der Waals surface area contributed by atoms with Crippen LogP contribution in [0.4, 0.5) is 0 Å². The Balaban J connectivity index is 2.13. The lowest BCUT2D eigenvalue weighted by Crippen LogP contribution is -2.37. The molecule has 1 aromatic rings. The van der Waals surface area contributed by atoms with Gasteiger partial charge in [-0.15, -0.1) is 0 Å². The predicted molar refractivity (Wildman–Crippen MR) is 76.0 cm³/mol. The fourth-order valence-electron chi connectivity index (χ4n) is 2.16. The normalized spacial score (nSPS) is 17.4. The molecule has 0 radical (unpaired) electrons. The number of benzene rings is 1. The predicted octanol–water partition coefficient (Wildman–Crippen LogP) is -1.06. The third-order valence-corrected chi connectivity index (χ3v) is 4.54. The van der Waals surface area contributed by atoms with Crippen LogP contribution in [0.15, 0.2) is 18.2 Å². The molecule has 19 heavy (non-hydrogen) atoms. The van der Waals surface area contributed by atoms with Crippen molar-refractivity contribution in [1.29, 1.82) is 0 Å². The molecule has 1 aromatic carbocycles. The van der Waals surface area contributed by atoms with E-state index >= 15 is 0 Å². The molecule has 0 spiro atoms. The average Bonchev–Trinajstić information content (AvgIpc) is 2.41. The maximum atomic E-state index is 11.3. The average molecular weight is 283 g/mol. The zero-order valence-corrected chi connectivity index (χ0v) is 11.7. The highest BCUT2D eigenvalue weighted by molar-refractivity contribution is 7.85. The van der Waals surface area contributed by atoms with Gasteiger partial charge >= 0.3 is 7.12 Å². The monoisotopic (exact) mass is 283 g/mol. The number of nitrogens with zero attached hydrogens (tertiary/aromatic N) is 1. The van der Waals surface area contributed by atoms with Crippen LogP contribution in [-0.2, 0) is 17.3 Å². The van der Waals surface area contributed by atoms with Gasteiger partial charge in [-0.1, -0.05) is 12.1 Å². The van der Waals surface area contributed by atoms with Crippen molar-refractivity contribution in [1.82, 2.24) is 4.90 Å². The first-order valence-electron chi connectivity index (χ1n) is 6.20. The highest BCUT2D eigenvalue weighted by Crippen LogP contribution is 2.19. The third-order valence-electron chi connectivity index (χ3n) is 3.27. The number of methoxy groups -OCH3 is 1. The Morgan fingerprint density at radius 2 is 2.05 bits per heavy atom. The van der Waals surface area contributed by atoms with Gasteiger partial charge in [0.15, 0.2) is 0 Å². The summed E-state index contributed by atoms with van der Waals surface area (Å²) in [4.78, 5) is 2.20. The van der Waals surface area contributed by atoms with Gasteiger partial charge in [0.25, 0.3) is 0 Å². The van der Waals surface area contributed by atoms with Crippen LogP contribution in [0.3, 0.4) is 0 Å². The van der Waals surface area contributed by atoms with Gasteiger partial charge in [0, 0.05) is 47.5 Å². The smallest absolute Gasteiger partial charge is 0.488 e. The molecule has 1 aliphatic heterocycles. The molecule has 1 heterocycles. The molecule has 1 fully saturated rings. The quantitative estimate of drug-likeness (QED) is 0.689. The summed E-state index contributed by atoms with van der Waals surface area (Å²) in [7, 11) is -0.568. The van der Waals surface area contributed by atoms with Gasteiger partial charge in [-0.05, 0) is 11.5 Å². The Hall–Kier alpha value is -0.885. The van der Waals surface area contributed by atoms with Gasteiger partial charge in [0.1, 0.15) is 5.75 Å². The van der Waals surface area contributed by atoms with Crippen LogP contribution in [0.2, 0.25) is 0 Å². The van der Waals surface area contributed by atoms with E-state index in [1.54, 1.807) is 25.3 Å². The molecule has 0 amide bonds. The lowest BCUT2D eigenvalue weighted by Gasteiger charge is -2.26. The Morgan fingerprint density at radius 3 is 2.63 bits per heavy atom. The topological polar surface area (TPSA) is 70.0 Å². The highest BCUT2D eigenvalue weighted by atomic mass is 32.2. The second kappa shape index (κ2) is 6.52. The van der Waals surface area contributed by atoms with Crippen LogP contribution in [-0.4, -0.2) is 58.0 Å². The van der Waals surface area contributed by atoms with Gasteiger partial charge in [0.2, 0.25) is 0 Å². The zero-order valence-electron chi connectivity index (χ0n) is 10.9. The SMILES string of the molecule is COc1ccc(B(O)O)cc1CN1CCS(=O)CC1. The minimum atomic E-state index is -1.47. The van der Waals surface area contributed by atoms with Gasteiger partial charge < -0.3 is 14.8 Å². The molecule has 0 bridgehead atoms. The Kier molecular flexibility index (Phi) is 4.98. The van der Waals surface area contributed by atoms with E-state index in [9.17, 15) is 14.3 Å². The fourth-order valence-corrected chi connectivity index (χ4v) is 3.29. The second-order valence-corrected chi connectivity index (χ2v) is 6.27. The molecule has 7 heteroatoms. The Bertz CT molecular complexity index is 459. The van der Waals surface area contributed by atoms with E-state index in [0.29, 0.717) is 23.5 Å². The van der Waals surface area contributed by atoms with Crippen LogP contribution in [0, 0.1) is 0 Å². The molecule has 2 rings (SSSR count). The van der Waals surface area contributed by atoms with Crippen LogP contribution in [0.1, 0.15) is 5.56 Å². The summed E-state index contributed by atoms with van der Waals surface area (Å²) in [5.41, 5.74) is 1.37. The molecular weight excluding hydrogens is 265 g/mol. The van der Waals surface area contributed by atoms with E-state index in [2.05, 4.69) is 4.90 Å². The van der Waals surface area contributed by atoms with Crippen LogP contribution in [0.25, 0.3) is 0 Å². The van der Waals surface area contributed by atoms with Crippen molar-refractivity contribution in [2.45, 2.75) is 6.54 Å². The van der Waals surface area contributed by atoms with Crippen LogP contribution in [0.5, 0.6) is 5.75 Å². The first kappa shape index (κ1) is 14.5. The molecule has 0 aliphatic carbocycles. The zero-order chi connectivity index (χ0) is 13.8. The largest absolute Gasteiger partial charge is 0.496 e. The molecule has 104 valence electrons. The maximum Gasteiger partial charge on any atom is 0.488 e. The summed E-state index contributed by atoms with van der Waals surface area (Å²) in [6, 6.07) is 5.12. The maximum absolute atomic E-state index is 11.3. The number of hydrogen-bond donors (Lipinski definition) is 2. The van der Waals surface area contributed by atoms with Crippen molar-refractivity contribution >= 4 is 23.4 Å². The van der Waals surface area contributed by atoms with Gasteiger partial charge in [0.05, 0.1) is 7.11 Å². The van der Waals surface area contributed by atoms with Crippen molar-refractivity contribution in [2.24, 2.45) is 0 Å². The summed E-state index contributed by atoms with van der Waals surface area (Å²) < 4.78 is 16.6. The van der Waals surface area contributed by atoms with Crippen LogP contribution < -0.4 is 10.2 Å². The molecule has 1 saturated heterocycles. The summed E-state index contributed by atoms with van der Waals surface area (Å²) in [6.45, 7) is 2.25. The summed E-state index contributed by atoms with van der Waals surface area (Å²) >= 11 is 0. The molecule has 5 nitrogen and oxygen atoms in total. The second-order valence-electron chi connectivity index (χ2n) is 4.57. The number of ether oxygens (including phenoxy) is 1. The summed E-state index contributed by atoms with van der Waals surface area (Å²) in [5, 5.41) is 18.4. The minimum Gasteiger partial charge on any atom is -0.496 e.